The first kappa shape index (κ1) is 13.8. The summed E-state index contributed by atoms with van der Waals surface area (Å²) in [6, 6.07) is 9.31. The third-order valence-corrected chi connectivity index (χ3v) is 3.18. The molecule has 108 valence electrons. The lowest BCUT2D eigenvalue weighted by atomic mass is 10.1. The van der Waals surface area contributed by atoms with Crippen LogP contribution in [0.1, 0.15) is 5.69 Å². The van der Waals surface area contributed by atoms with Gasteiger partial charge in [-0.3, -0.25) is 0 Å². The highest BCUT2D eigenvalue weighted by Gasteiger charge is 2.33. The van der Waals surface area contributed by atoms with Crippen molar-refractivity contribution in [2.24, 2.45) is 0 Å². The van der Waals surface area contributed by atoms with Crippen LogP contribution in [0.25, 0.3) is 17.0 Å². The summed E-state index contributed by atoms with van der Waals surface area (Å²) in [5.74, 6) is 0.625. The molecular weight excluding hydrogens is 305 g/mol. The van der Waals surface area contributed by atoms with Gasteiger partial charge >= 0.3 is 6.18 Å². The Bertz CT molecular complexity index is 763. The number of hydrogen-bond acceptors (Lipinski definition) is 2. The summed E-state index contributed by atoms with van der Waals surface area (Å²) in [5.41, 5.74) is 0.133. The summed E-state index contributed by atoms with van der Waals surface area (Å²) < 4.78 is 44.0. The van der Waals surface area contributed by atoms with Crippen molar-refractivity contribution in [1.82, 2.24) is 9.78 Å². The van der Waals surface area contributed by atoms with Gasteiger partial charge in [-0.25, -0.2) is 4.68 Å². The minimum Gasteiger partial charge on any atom is -0.464 e. The molecule has 2 aromatic heterocycles. The van der Waals surface area contributed by atoms with E-state index >= 15 is 0 Å². The molecule has 2 heterocycles. The minimum absolute atomic E-state index is 0.278. The second-order valence-corrected chi connectivity index (χ2v) is 4.69. The SMILES string of the molecule is FC(F)(F)c1ccn(-c2ccc(-c3ccco3)cc2Cl)n1. The van der Waals surface area contributed by atoms with Crippen LogP contribution in [0.15, 0.2) is 53.3 Å². The Hall–Kier alpha value is -2.21. The summed E-state index contributed by atoms with van der Waals surface area (Å²) in [5, 5.41) is 3.77. The topological polar surface area (TPSA) is 31.0 Å². The van der Waals surface area contributed by atoms with Crippen LogP contribution in [-0.2, 0) is 6.18 Å². The molecule has 1 aromatic carbocycles. The molecule has 0 saturated carbocycles. The maximum atomic E-state index is 12.5. The Morgan fingerprint density at radius 3 is 2.52 bits per heavy atom. The van der Waals surface area contributed by atoms with E-state index in [0.717, 1.165) is 16.3 Å². The van der Waals surface area contributed by atoms with Gasteiger partial charge in [0.2, 0.25) is 0 Å². The maximum absolute atomic E-state index is 12.5. The Kier molecular flexibility index (Phi) is 3.25. The van der Waals surface area contributed by atoms with Crippen molar-refractivity contribution < 1.29 is 17.6 Å². The highest BCUT2D eigenvalue weighted by Crippen LogP contribution is 2.31. The van der Waals surface area contributed by atoms with Gasteiger partial charge in [-0.2, -0.15) is 18.3 Å². The molecule has 0 aliphatic rings. The standard InChI is InChI=1S/C14H8ClF3N2O/c15-10-8-9(12-2-1-7-21-12)3-4-11(10)20-6-5-13(19-20)14(16,17)18/h1-8H. The van der Waals surface area contributed by atoms with Gasteiger partial charge in [0.25, 0.3) is 0 Å². The van der Waals surface area contributed by atoms with Gasteiger partial charge in [0.15, 0.2) is 5.69 Å². The van der Waals surface area contributed by atoms with E-state index in [1.807, 2.05) is 0 Å². The smallest absolute Gasteiger partial charge is 0.435 e. The van der Waals surface area contributed by atoms with Crippen LogP contribution < -0.4 is 0 Å². The molecule has 0 atom stereocenters. The summed E-state index contributed by atoms with van der Waals surface area (Å²) in [6.07, 6.45) is -1.73. The number of alkyl halides is 3. The number of nitrogens with zero attached hydrogens (tertiary/aromatic N) is 2. The lowest BCUT2D eigenvalue weighted by molar-refractivity contribution is -0.141. The quantitative estimate of drug-likeness (QED) is 0.680. The molecule has 3 rings (SSSR count). The number of furan rings is 1. The molecular formula is C14H8ClF3N2O. The molecule has 0 saturated heterocycles. The van der Waals surface area contributed by atoms with Gasteiger partial charge in [0.1, 0.15) is 5.76 Å². The number of benzene rings is 1. The predicted octanol–water partition coefficient (Wildman–Crippen LogP) is 4.80. The highest BCUT2D eigenvalue weighted by molar-refractivity contribution is 6.32. The first-order chi connectivity index (χ1) is 9.95. The highest BCUT2D eigenvalue weighted by atomic mass is 35.5. The average Bonchev–Trinajstić information content (AvgIpc) is 3.09. The van der Waals surface area contributed by atoms with E-state index in [1.54, 1.807) is 30.3 Å². The predicted molar refractivity (Wildman–Crippen MR) is 71.3 cm³/mol. The summed E-state index contributed by atoms with van der Waals surface area (Å²) >= 11 is 6.12. The first-order valence-corrected chi connectivity index (χ1v) is 6.29. The van der Waals surface area contributed by atoms with Crippen LogP contribution in [0.5, 0.6) is 0 Å². The molecule has 7 heteroatoms. The van der Waals surface area contributed by atoms with E-state index in [4.69, 9.17) is 16.0 Å². The normalized spacial score (nSPS) is 11.8. The molecule has 3 aromatic rings. The molecule has 21 heavy (non-hydrogen) atoms. The van der Waals surface area contributed by atoms with Crippen molar-refractivity contribution in [2.75, 3.05) is 0 Å². The molecule has 0 N–H and O–H groups in total. The first-order valence-electron chi connectivity index (χ1n) is 5.92. The molecule has 0 amide bonds. The molecule has 0 unspecified atom stereocenters. The average molecular weight is 313 g/mol. The fourth-order valence-corrected chi connectivity index (χ4v) is 2.17. The zero-order chi connectivity index (χ0) is 15.0. The zero-order valence-electron chi connectivity index (χ0n) is 10.4. The maximum Gasteiger partial charge on any atom is 0.435 e. The van der Waals surface area contributed by atoms with E-state index in [-0.39, 0.29) is 5.02 Å². The largest absolute Gasteiger partial charge is 0.464 e. The van der Waals surface area contributed by atoms with Gasteiger partial charge in [-0.05, 0) is 36.4 Å². The van der Waals surface area contributed by atoms with Crippen LogP contribution in [0.4, 0.5) is 13.2 Å². The number of rotatable bonds is 2. The van der Waals surface area contributed by atoms with E-state index in [9.17, 15) is 13.2 Å². The molecule has 0 radical (unpaired) electrons. The van der Waals surface area contributed by atoms with Crippen LogP contribution in [0.2, 0.25) is 5.02 Å². The van der Waals surface area contributed by atoms with Crippen LogP contribution in [0, 0.1) is 0 Å². The van der Waals surface area contributed by atoms with E-state index < -0.39 is 11.9 Å². The van der Waals surface area contributed by atoms with Crippen molar-refractivity contribution in [2.45, 2.75) is 6.18 Å². The van der Waals surface area contributed by atoms with Crippen LogP contribution in [0.3, 0.4) is 0 Å². The van der Waals surface area contributed by atoms with E-state index in [1.165, 1.54) is 12.5 Å². The van der Waals surface area contributed by atoms with Gasteiger partial charge in [-0.15, -0.1) is 0 Å². The van der Waals surface area contributed by atoms with E-state index in [0.29, 0.717) is 11.4 Å². The number of hydrogen-bond donors (Lipinski definition) is 0. The van der Waals surface area contributed by atoms with Crippen molar-refractivity contribution in [3.05, 3.63) is 59.6 Å². The zero-order valence-corrected chi connectivity index (χ0v) is 11.2. The molecule has 0 fully saturated rings. The summed E-state index contributed by atoms with van der Waals surface area (Å²) in [7, 11) is 0. The third-order valence-electron chi connectivity index (χ3n) is 2.88. The van der Waals surface area contributed by atoms with Crippen molar-refractivity contribution in [1.29, 1.82) is 0 Å². The molecule has 0 aliphatic heterocycles. The van der Waals surface area contributed by atoms with E-state index in [2.05, 4.69) is 5.10 Å². The van der Waals surface area contributed by atoms with Gasteiger partial charge in [0, 0.05) is 11.8 Å². The Labute approximate surface area is 122 Å². The fourth-order valence-electron chi connectivity index (χ4n) is 1.90. The lowest BCUT2D eigenvalue weighted by Crippen LogP contribution is -2.07. The van der Waals surface area contributed by atoms with Crippen molar-refractivity contribution >= 4 is 11.6 Å². The van der Waals surface area contributed by atoms with Crippen LogP contribution >= 0.6 is 11.6 Å². The van der Waals surface area contributed by atoms with Crippen molar-refractivity contribution in [3.8, 4) is 17.0 Å². The minimum atomic E-state index is -4.48. The third kappa shape index (κ3) is 2.67. The molecule has 0 bridgehead atoms. The molecule has 0 aliphatic carbocycles. The molecule has 0 spiro atoms. The van der Waals surface area contributed by atoms with Gasteiger partial charge in [0.05, 0.1) is 17.0 Å². The Balaban J connectivity index is 1.98. The second kappa shape index (κ2) is 4.96. The fraction of sp³-hybridized carbons (Fsp3) is 0.0714. The molecule has 3 nitrogen and oxygen atoms in total. The monoisotopic (exact) mass is 312 g/mol. The van der Waals surface area contributed by atoms with Gasteiger partial charge < -0.3 is 4.42 Å². The van der Waals surface area contributed by atoms with Crippen LogP contribution in [-0.4, -0.2) is 9.78 Å². The Morgan fingerprint density at radius 2 is 1.95 bits per heavy atom. The number of halogens is 4. The summed E-state index contributed by atoms with van der Waals surface area (Å²) in [6.45, 7) is 0. The van der Waals surface area contributed by atoms with Gasteiger partial charge in [-0.1, -0.05) is 11.6 Å². The second-order valence-electron chi connectivity index (χ2n) is 4.29. The number of aromatic nitrogens is 2. The van der Waals surface area contributed by atoms with Crippen molar-refractivity contribution in [3.63, 3.8) is 0 Å². The summed E-state index contributed by atoms with van der Waals surface area (Å²) in [4.78, 5) is 0. The Morgan fingerprint density at radius 1 is 1.14 bits per heavy atom. The lowest BCUT2D eigenvalue weighted by Gasteiger charge is -2.06.